The number of benzene rings is 1. The summed E-state index contributed by atoms with van der Waals surface area (Å²) in [5, 5.41) is 11.5. The van der Waals surface area contributed by atoms with E-state index in [-0.39, 0.29) is 11.2 Å². The van der Waals surface area contributed by atoms with E-state index in [9.17, 15) is 14.9 Å². The molecule has 0 spiro atoms. The summed E-state index contributed by atoms with van der Waals surface area (Å²) >= 11 is 1.64. The Labute approximate surface area is 147 Å². The maximum absolute atomic E-state index is 12.9. The molecule has 0 radical (unpaired) electrons. The van der Waals surface area contributed by atoms with Crippen LogP contribution in [0.25, 0.3) is 10.2 Å². The van der Waals surface area contributed by atoms with Gasteiger partial charge in [0.05, 0.1) is 23.2 Å². The predicted octanol–water partition coefficient (Wildman–Crippen LogP) is 3.54. The predicted molar refractivity (Wildman–Crippen MR) is 97.3 cm³/mol. The molecule has 1 aromatic carbocycles. The quantitative estimate of drug-likeness (QED) is 0.532. The van der Waals surface area contributed by atoms with Crippen molar-refractivity contribution in [3.8, 4) is 0 Å². The van der Waals surface area contributed by atoms with Crippen LogP contribution < -0.4 is 5.56 Å². The highest BCUT2D eigenvalue weighted by Crippen LogP contribution is 2.35. The van der Waals surface area contributed by atoms with Crippen molar-refractivity contribution in [3.63, 3.8) is 0 Å². The number of aromatic nitrogens is 2. The van der Waals surface area contributed by atoms with Crippen LogP contribution in [0.3, 0.4) is 0 Å². The summed E-state index contributed by atoms with van der Waals surface area (Å²) < 4.78 is 1.59. The van der Waals surface area contributed by atoms with Gasteiger partial charge in [-0.05, 0) is 36.3 Å². The van der Waals surface area contributed by atoms with Crippen molar-refractivity contribution >= 4 is 27.2 Å². The van der Waals surface area contributed by atoms with Gasteiger partial charge in [-0.3, -0.25) is 19.5 Å². The maximum Gasteiger partial charge on any atom is 0.269 e. The molecule has 6 nitrogen and oxygen atoms in total. The highest BCUT2D eigenvalue weighted by atomic mass is 32.1. The second-order valence-corrected chi connectivity index (χ2v) is 7.72. The molecule has 1 aliphatic carbocycles. The molecule has 0 aliphatic heterocycles. The number of nitro benzene ring substituents is 1. The molecule has 0 bridgehead atoms. The van der Waals surface area contributed by atoms with Gasteiger partial charge in [-0.2, -0.15) is 0 Å². The van der Waals surface area contributed by atoms with Gasteiger partial charge < -0.3 is 0 Å². The molecule has 2 aromatic heterocycles. The summed E-state index contributed by atoms with van der Waals surface area (Å²) in [4.78, 5) is 29.9. The molecule has 0 unspecified atom stereocenters. The fraction of sp³-hybridized carbons (Fsp3) is 0.333. The van der Waals surface area contributed by atoms with Crippen LogP contribution in [0.5, 0.6) is 0 Å². The topological polar surface area (TPSA) is 78.0 Å². The van der Waals surface area contributed by atoms with Crippen LogP contribution in [0.15, 0.2) is 35.4 Å². The van der Waals surface area contributed by atoms with E-state index in [0.717, 1.165) is 35.0 Å². The molecule has 0 amide bonds. The fourth-order valence-corrected chi connectivity index (χ4v) is 4.74. The molecular formula is C18H17N3O3S. The molecule has 7 heteroatoms. The van der Waals surface area contributed by atoms with Gasteiger partial charge in [0.15, 0.2) is 0 Å². The van der Waals surface area contributed by atoms with Gasteiger partial charge in [0.2, 0.25) is 0 Å². The van der Waals surface area contributed by atoms with Gasteiger partial charge in [0.25, 0.3) is 11.2 Å². The van der Waals surface area contributed by atoms with Crippen molar-refractivity contribution in [3.05, 3.63) is 67.1 Å². The number of non-ortho nitro benzene ring substituents is 1. The number of hydrogen-bond acceptors (Lipinski definition) is 5. The molecule has 1 aliphatic rings. The van der Waals surface area contributed by atoms with Gasteiger partial charge >= 0.3 is 0 Å². The summed E-state index contributed by atoms with van der Waals surface area (Å²) in [5.41, 5.74) is 2.04. The van der Waals surface area contributed by atoms with E-state index in [4.69, 9.17) is 0 Å². The van der Waals surface area contributed by atoms with Gasteiger partial charge in [-0.25, -0.2) is 4.98 Å². The average Bonchev–Trinajstić information content (AvgIpc) is 2.96. The summed E-state index contributed by atoms with van der Waals surface area (Å²) in [6, 6.07) is 6.28. The number of aryl methyl sites for hydroxylation is 1. The third-order valence-corrected chi connectivity index (χ3v) is 5.94. The molecule has 128 valence electrons. The summed E-state index contributed by atoms with van der Waals surface area (Å²) in [6.45, 7) is 2.61. The Balaban J connectivity index is 1.72. The van der Waals surface area contributed by atoms with Gasteiger partial charge in [-0.15, -0.1) is 11.3 Å². The molecule has 4 rings (SSSR count). The van der Waals surface area contributed by atoms with Crippen LogP contribution >= 0.6 is 11.3 Å². The monoisotopic (exact) mass is 355 g/mol. The average molecular weight is 355 g/mol. The van der Waals surface area contributed by atoms with E-state index in [1.807, 2.05) is 0 Å². The Bertz CT molecular complexity index is 1020. The first-order chi connectivity index (χ1) is 12.0. The Kier molecular flexibility index (Phi) is 3.88. The van der Waals surface area contributed by atoms with Crippen LogP contribution in [-0.2, 0) is 19.4 Å². The molecular weight excluding hydrogens is 338 g/mol. The lowest BCUT2D eigenvalue weighted by Gasteiger charge is -2.17. The van der Waals surface area contributed by atoms with Crippen molar-refractivity contribution in [1.82, 2.24) is 9.55 Å². The van der Waals surface area contributed by atoms with E-state index in [1.54, 1.807) is 34.4 Å². The van der Waals surface area contributed by atoms with Crippen LogP contribution in [0.2, 0.25) is 0 Å². The minimum Gasteiger partial charge on any atom is -0.294 e. The Hall–Kier alpha value is -2.54. The van der Waals surface area contributed by atoms with Crippen LogP contribution in [0, 0.1) is 16.0 Å². The number of thiophene rings is 1. The summed E-state index contributed by atoms with van der Waals surface area (Å²) in [7, 11) is 0. The number of nitrogens with zero attached hydrogens (tertiary/aromatic N) is 3. The summed E-state index contributed by atoms with van der Waals surface area (Å²) in [6.07, 6.45) is 4.65. The molecule has 3 aromatic rings. The van der Waals surface area contributed by atoms with Crippen LogP contribution in [0.4, 0.5) is 5.69 Å². The normalized spacial score (nSPS) is 16.8. The van der Waals surface area contributed by atoms with Crippen molar-refractivity contribution in [2.45, 2.75) is 32.7 Å². The van der Waals surface area contributed by atoms with Crippen molar-refractivity contribution < 1.29 is 4.92 Å². The summed E-state index contributed by atoms with van der Waals surface area (Å²) in [5.74, 6) is 0.655. The third kappa shape index (κ3) is 2.84. The first-order valence-electron chi connectivity index (χ1n) is 8.26. The van der Waals surface area contributed by atoms with Crippen molar-refractivity contribution in [2.24, 2.45) is 5.92 Å². The Morgan fingerprint density at radius 1 is 1.36 bits per heavy atom. The highest BCUT2D eigenvalue weighted by molar-refractivity contribution is 7.18. The second-order valence-electron chi connectivity index (χ2n) is 6.63. The molecule has 0 fully saturated rings. The van der Waals surface area contributed by atoms with Crippen molar-refractivity contribution in [1.29, 1.82) is 0 Å². The lowest BCUT2D eigenvalue weighted by Crippen LogP contribution is -2.22. The van der Waals surface area contributed by atoms with E-state index < -0.39 is 4.92 Å². The first-order valence-corrected chi connectivity index (χ1v) is 9.07. The van der Waals surface area contributed by atoms with E-state index in [1.165, 1.54) is 22.6 Å². The second kappa shape index (κ2) is 6.07. The van der Waals surface area contributed by atoms with E-state index >= 15 is 0 Å². The largest absolute Gasteiger partial charge is 0.294 e. The highest BCUT2D eigenvalue weighted by Gasteiger charge is 2.23. The fourth-order valence-electron chi connectivity index (χ4n) is 3.40. The number of nitro groups is 1. The number of rotatable bonds is 3. The SMILES string of the molecule is C[C@@H]1CCc2c(sc3ncn(Cc4ccc([N+](=O)[O-])cc4)c(=O)c23)C1. The lowest BCUT2D eigenvalue weighted by atomic mass is 9.89. The molecule has 1 atom stereocenters. The number of fused-ring (bicyclic) bond motifs is 3. The smallest absolute Gasteiger partial charge is 0.269 e. The zero-order valence-corrected chi connectivity index (χ0v) is 14.6. The Morgan fingerprint density at radius 3 is 2.84 bits per heavy atom. The minimum absolute atomic E-state index is 0.0181. The molecule has 25 heavy (non-hydrogen) atoms. The molecule has 0 saturated heterocycles. The minimum atomic E-state index is -0.428. The zero-order chi connectivity index (χ0) is 17.6. The van der Waals surface area contributed by atoms with E-state index in [2.05, 4.69) is 11.9 Å². The molecule has 0 saturated carbocycles. The maximum atomic E-state index is 12.9. The number of hydrogen-bond donors (Lipinski definition) is 0. The first kappa shape index (κ1) is 16.0. The van der Waals surface area contributed by atoms with Crippen LogP contribution in [0.1, 0.15) is 29.3 Å². The lowest BCUT2D eigenvalue weighted by molar-refractivity contribution is -0.384. The third-order valence-electron chi connectivity index (χ3n) is 4.78. The van der Waals surface area contributed by atoms with E-state index in [0.29, 0.717) is 12.5 Å². The van der Waals surface area contributed by atoms with Crippen molar-refractivity contribution in [2.75, 3.05) is 0 Å². The van der Waals surface area contributed by atoms with Gasteiger partial charge in [-0.1, -0.05) is 19.1 Å². The molecule has 0 N–H and O–H groups in total. The van der Waals surface area contributed by atoms with Gasteiger partial charge in [0, 0.05) is 17.0 Å². The standard InChI is InChI=1S/C18H17N3O3S/c1-11-2-7-14-15(8-11)25-17-16(14)18(22)20(10-19-17)9-12-3-5-13(6-4-12)21(23)24/h3-6,10-11H,2,7-9H2,1H3/t11-/m1/s1. The Morgan fingerprint density at radius 2 is 2.12 bits per heavy atom. The van der Waals surface area contributed by atoms with Gasteiger partial charge in [0.1, 0.15) is 4.83 Å². The van der Waals surface area contributed by atoms with Crippen LogP contribution in [-0.4, -0.2) is 14.5 Å². The zero-order valence-electron chi connectivity index (χ0n) is 13.8. The molecule has 2 heterocycles.